The van der Waals surface area contributed by atoms with E-state index in [1.165, 1.54) is 16.7 Å². The number of hydrogen-bond donors (Lipinski definition) is 1. The number of aromatic nitrogens is 3. The van der Waals surface area contributed by atoms with E-state index >= 15 is 0 Å². The van der Waals surface area contributed by atoms with Gasteiger partial charge in [0.25, 0.3) is 11.1 Å². The van der Waals surface area contributed by atoms with Crippen LogP contribution in [0.3, 0.4) is 0 Å². The highest BCUT2D eigenvalue weighted by molar-refractivity contribution is 5.79. The number of H-pyrrole nitrogens is 1. The number of para-hydroxylation sites is 1. The number of hydrogen-bond acceptors (Lipinski definition) is 4. The Morgan fingerprint density at radius 2 is 2.00 bits per heavy atom. The SMILES string of the molecule is O=c1[nH]c2nc3ccccc3c(=O)n2/c1=C\c1ccco1. The highest BCUT2D eigenvalue weighted by atomic mass is 16.3. The molecule has 4 rings (SSSR count). The Balaban J connectivity index is 2.23. The number of rotatable bonds is 1. The molecular formula is C15H9N3O3. The summed E-state index contributed by atoms with van der Waals surface area (Å²) in [5.41, 5.74) is -0.119. The van der Waals surface area contributed by atoms with Gasteiger partial charge < -0.3 is 4.42 Å². The summed E-state index contributed by atoms with van der Waals surface area (Å²) in [6, 6.07) is 10.4. The molecule has 1 aromatic carbocycles. The molecule has 3 aromatic heterocycles. The van der Waals surface area contributed by atoms with Gasteiger partial charge in [-0.05, 0) is 24.3 Å². The highest BCUT2D eigenvalue weighted by Gasteiger charge is 2.10. The largest absolute Gasteiger partial charge is 0.465 e. The van der Waals surface area contributed by atoms with Crippen molar-refractivity contribution in [1.82, 2.24) is 14.4 Å². The van der Waals surface area contributed by atoms with Gasteiger partial charge in [-0.1, -0.05) is 12.1 Å². The first-order chi connectivity index (χ1) is 10.2. The number of nitrogens with zero attached hydrogens (tertiary/aromatic N) is 2. The molecule has 0 amide bonds. The van der Waals surface area contributed by atoms with Crippen molar-refractivity contribution in [1.29, 1.82) is 0 Å². The maximum Gasteiger partial charge on any atom is 0.275 e. The van der Waals surface area contributed by atoms with Crippen LogP contribution in [0, 0.1) is 0 Å². The van der Waals surface area contributed by atoms with Gasteiger partial charge in [-0.15, -0.1) is 0 Å². The van der Waals surface area contributed by atoms with Gasteiger partial charge in [0.2, 0.25) is 5.78 Å². The second kappa shape index (κ2) is 4.17. The Morgan fingerprint density at radius 3 is 2.81 bits per heavy atom. The maximum absolute atomic E-state index is 12.6. The summed E-state index contributed by atoms with van der Waals surface area (Å²) in [7, 11) is 0. The molecule has 0 fully saturated rings. The van der Waals surface area contributed by atoms with Crippen LogP contribution in [0.25, 0.3) is 22.8 Å². The minimum absolute atomic E-state index is 0.197. The van der Waals surface area contributed by atoms with Crippen LogP contribution in [-0.2, 0) is 0 Å². The Kier molecular flexibility index (Phi) is 2.32. The maximum atomic E-state index is 12.6. The average molecular weight is 279 g/mol. The fourth-order valence-corrected chi connectivity index (χ4v) is 2.35. The molecule has 0 radical (unpaired) electrons. The van der Waals surface area contributed by atoms with Crippen molar-refractivity contribution >= 4 is 22.8 Å². The monoisotopic (exact) mass is 279 g/mol. The van der Waals surface area contributed by atoms with Crippen LogP contribution in [0.5, 0.6) is 0 Å². The Hall–Kier alpha value is -3.15. The first-order valence-electron chi connectivity index (χ1n) is 6.33. The van der Waals surface area contributed by atoms with Crippen LogP contribution in [0.15, 0.2) is 56.7 Å². The van der Waals surface area contributed by atoms with Crippen LogP contribution in [0.1, 0.15) is 5.76 Å². The molecule has 0 bridgehead atoms. The van der Waals surface area contributed by atoms with Crippen LogP contribution < -0.4 is 16.5 Å². The lowest BCUT2D eigenvalue weighted by Crippen LogP contribution is -2.32. The lowest BCUT2D eigenvalue weighted by Gasteiger charge is -1.97. The van der Waals surface area contributed by atoms with Crippen molar-refractivity contribution in [3.63, 3.8) is 0 Å². The van der Waals surface area contributed by atoms with Crippen LogP contribution in [-0.4, -0.2) is 14.4 Å². The van der Waals surface area contributed by atoms with E-state index < -0.39 is 0 Å². The van der Waals surface area contributed by atoms with Crippen LogP contribution in [0.2, 0.25) is 0 Å². The van der Waals surface area contributed by atoms with E-state index in [2.05, 4.69) is 9.97 Å². The summed E-state index contributed by atoms with van der Waals surface area (Å²) in [6.45, 7) is 0. The number of fused-ring (bicyclic) bond motifs is 2. The number of imidazole rings is 1. The number of benzene rings is 1. The lowest BCUT2D eigenvalue weighted by atomic mass is 10.2. The van der Waals surface area contributed by atoms with Crippen molar-refractivity contribution in [2.45, 2.75) is 0 Å². The molecule has 0 spiro atoms. The summed E-state index contributed by atoms with van der Waals surface area (Å²) in [5.74, 6) is 0.717. The molecule has 102 valence electrons. The Morgan fingerprint density at radius 1 is 1.14 bits per heavy atom. The van der Waals surface area contributed by atoms with Gasteiger partial charge in [-0.3, -0.25) is 14.6 Å². The zero-order valence-corrected chi connectivity index (χ0v) is 10.7. The van der Waals surface area contributed by atoms with Gasteiger partial charge in [0.1, 0.15) is 11.1 Å². The second-order valence-electron chi connectivity index (χ2n) is 4.59. The summed E-state index contributed by atoms with van der Waals surface area (Å²) in [4.78, 5) is 31.5. The molecule has 0 aliphatic carbocycles. The third-order valence-electron chi connectivity index (χ3n) is 3.30. The summed E-state index contributed by atoms with van der Waals surface area (Å²) < 4.78 is 6.46. The molecule has 0 atom stereocenters. The number of nitrogens with one attached hydrogen (secondary N) is 1. The molecular weight excluding hydrogens is 270 g/mol. The highest BCUT2D eigenvalue weighted by Crippen LogP contribution is 2.06. The van der Waals surface area contributed by atoms with Crippen LogP contribution >= 0.6 is 0 Å². The molecule has 0 aliphatic rings. The van der Waals surface area contributed by atoms with Gasteiger partial charge in [0.15, 0.2) is 0 Å². The minimum atomic E-state index is -0.383. The standard InChI is InChI=1S/C15H9N3O3/c19-13-12(8-9-4-3-7-21-9)18-14(20)10-5-1-2-6-11(10)16-15(18)17-13/h1-8H,(H,16,17,19)/b12-8-. The van der Waals surface area contributed by atoms with Crippen molar-refractivity contribution in [3.05, 3.63) is 74.5 Å². The minimum Gasteiger partial charge on any atom is -0.465 e. The molecule has 4 aromatic rings. The fourth-order valence-electron chi connectivity index (χ4n) is 2.35. The first-order valence-corrected chi connectivity index (χ1v) is 6.33. The number of aromatic amines is 1. The van der Waals surface area contributed by atoms with Crippen molar-refractivity contribution < 1.29 is 4.42 Å². The van der Waals surface area contributed by atoms with E-state index in [1.54, 1.807) is 36.4 Å². The first kappa shape index (κ1) is 11.7. The lowest BCUT2D eigenvalue weighted by molar-refractivity contribution is 0.556. The smallest absolute Gasteiger partial charge is 0.275 e. The molecule has 0 saturated carbocycles. The second-order valence-corrected chi connectivity index (χ2v) is 4.59. The van der Waals surface area contributed by atoms with E-state index in [9.17, 15) is 9.59 Å². The Labute approximate surface area is 117 Å². The fraction of sp³-hybridized carbons (Fsp3) is 0. The van der Waals surface area contributed by atoms with Crippen molar-refractivity contribution in [2.75, 3.05) is 0 Å². The van der Waals surface area contributed by atoms with Crippen LogP contribution in [0.4, 0.5) is 0 Å². The molecule has 1 N–H and O–H groups in total. The van der Waals surface area contributed by atoms with Gasteiger partial charge in [0.05, 0.1) is 17.2 Å². The van der Waals surface area contributed by atoms with Crippen molar-refractivity contribution in [2.24, 2.45) is 0 Å². The summed E-state index contributed by atoms with van der Waals surface area (Å²) >= 11 is 0. The quantitative estimate of drug-likeness (QED) is 0.555. The third kappa shape index (κ3) is 1.69. The topological polar surface area (TPSA) is 80.4 Å². The zero-order valence-electron chi connectivity index (χ0n) is 10.7. The normalized spacial score (nSPS) is 12.5. The van der Waals surface area contributed by atoms with Gasteiger partial charge in [0, 0.05) is 6.08 Å². The van der Waals surface area contributed by atoms with E-state index in [1.807, 2.05) is 0 Å². The summed E-state index contributed by atoms with van der Waals surface area (Å²) in [5, 5.41) is 0.659. The molecule has 0 unspecified atom stereocenters. The van der Waals surface area contributed by atoms with Gasteiger partial charge in [-0.25, -0.2) is 9.38 Å². The predicted octanol–water partition coefficient (Wildman–Crippen LogP) is 0.677. The average Bonchev–Trinajstić information content (AvgIpc) is 3.09. The predicted molar refractivity (Wildman–Crippen MR) is 77.1 cm³/mol. The molecule has 6 heteroatoms. The van der Waals surface area contributed by atoms with Crippen molar-refractivity contribution in [3.8, 4) is 0 Å². The third-order valence-corrected chi connectivity index (χ3v) is 3.30. The molecule has 3 heterocycles. The van der Waals surface area contributed by atoms with E-state index in [0.717, 1.165) is 0 Å². The van der Waals surface area contributed by atoms with E-state index in [-0.39, 0.29) is 22.2 Å². The van der Waals surface area contributed by atoms with E-state index in [0.29, 0.717) is 16.7 Å². The molecule has 0 saturated heterocycles. The molecule has 0 aliphatic heterocycles. The molecule has 21 heavy (non-hydrogen) atoms. The zero-order chi connectivity index (χ0) is 14.4. The number of furan rings is 1. The summed E-state index contributed by atoms with van der Waals surface area (Å²) in [6.07, 6.45) is 3.02. The molecule has 6 nitrogen and oxygen atoms in total. The van der Waals surface area contributed by atoms with Gasteiger partial charge >= 0.3 is 0 Å². The van der Waals surface area contributed by atoms with E-state index in [4.69, 9.17) is 4.42 Å². The Bertz CT molecular complexity index is 1120. The van der Waals surface area contributed by atoms with Gasteiger partial charge in [-0.2, -0.15) is 0 Å².